The van der Waals surface area contributed by atoms with Crippen molar-refractivity contribution in [2.45, 2.75) is 13.0 Å². The van der Waals surface area contributed by atoms with Crippen molar-refractivity contribution in [2.24, 2.45) is 0 Å². The highest BCUT2D eigenvalue weighted by Crippen LogP contribution is 2.18. The number of nitrogens with zero attached hydrogens (tertiary/aromatic N) is 1. The van der Waals surface area contributed by atoms with E-state index in [1.807, 2.05) is 0 Å². The lowest BCUT2D eigenvalue weighted by Crippen LogP contribution is -2.48. The van der Waals surface area contributed by atoms with Gasteiger partial charge in [-0.1, -0.05) is 0 Å². The fourth-order valence-electron chi connectivity index (χ4n) is 1.59. The number of ether oxygens (including phenoxy) is 1. The zero-order valence-corrected chi connectivity index (χ0v) is 9.30. The van der Waals surface area contributed by atoms with E-state index < -0.39 is 4.92 Å². The van der Waals surface area contributed by atoms with E-state index >= 15 is 0 Å². The van der Waals surface area contributed by atoms with E-state index in [9.17, 15) is 14.9 Å². The van der Waals surface area contributed by atoms with Gasteiger partial charge in [-0.25, -0.2) is 0 Å². The van der Waals surface area contributed by atoms with Crippen LogP contribution >= 0.6 is 0 Å². The molecule has 90 valence electrons. The molecule has 1 aliphatic heterocycles. The lowest BCUT2D eigenvalue weighted by molar-refractivity contribution is -0.385. The first kappa shape index (κ1) is 11.5. The fourth-order valence-corrected chi connectivity index (χ4v) is 1.59. The summed E-state index contributed by atoms with van der Waals surface area (Å²) >= 11 is 0. The van der Waals surface area contributed by atoms with E-state index in [1.165, 1.54) is 18.2 Å². The summed E-state index contributed by atoms with van der Waals surface area (Å²) in [6.07, 6.45) is 0. The van der Waals surface area contributed by atoms with Crippen molar-refractivity contribution in [1.29, 1.82) is 0 Å². The Labute approximate surface area is 97.7 Å². The molecule has 1 aromatic carbocycles. The standard InChI is InChI=1S/C11H12N2O4/c1-7-4-8(2-3-10(7)13(15)16)11(14)12-9-5-17-6-9/h2-4,9H,5-6H2,1H3,(H,12,14). The summed E-state index contributed by atoms with van der Waals surface area (Å²) in [5.74, 6) is -0.226. The van der Waals surface area contributed by atoms with Gasteiger partial charge in [0.1, 0.15) is 0 Å². The molecule has 0 bridgehead atoms. The Morgan fingerprint density at radius 1 is 1.53 bits per heavy atom. The Bertz CT molecular complexity index is 469. The Kier molecular flexibility index (Phi) is 3.06. The van der Waals surface area contributed by atoms with Crippen LogP contribution in [0, 0.1) is 17.0 Å². The average molecular weight is 236 g/mol. The van der Waals surface area contributed by atoms with E-state index in [0.717, 1.165) is 0 Å². The predicted molar refractivity (Wildman–Crippen MR) is 59.9 cm³/mol. The number of nitrogens with one attached hydrogen (secondary N) is 1. The van der Waals surface area contributed by atoms with E-state index in [2.05, 4.69) is 5.32 Å². The van der Waals surface area contributed by atoms with Gasteiger partial charge in [0, 0.05) is 17.2 Å². The van der Waals surface area contributed by atoms with Crippen LogP contribution in [0.5, 0.6) is 0 Å². The van der Waals surface area contributed by atoms with Crippen LogP contribution in [0.3, 0.4) is 0 Å². The molecule has 1 fully saturated rings. The maximum Gasteiger partial charge on any atom is 0.272 e. The van der Waals surface area contributed by atoms with Crippen LogP contribution in [0.2, 0.25) is 0 Å². The van der Waals surface area contributed by atoms with E-state index in [4.69, 9.17) is 4.74 Å². The van der Waals surface area contributed by atoms with Crippen molar-refractivity contribution in [1.82, 2.24) is 5.32 Å². The lowest BCUT2D eigenvalue weighted by Gasteiger charge is -2.26. The number of benzene rings is 1. The quantitative estimate of drug-likeness (QED) is 0.627. The second-order valence-electron chi connectivity index (χ2n) is 3.97. The molecule has 6 heteroatoms. The monoisotopic (exact) mass is 236 g/mol. The van der Waals surface area contributed by atoms with Crippen LogP contribution in [0.4, 0.5) is 5.69 Å². The van der Waals surface area contributed by atoms with E-state index in [1.54, 1.807) is 6.92 Å². The number of hydrogen-bond donors (Lipinski definition) is 1. The first-order valence-electron chi connectivity index (χ1n) is 5.21. The van der Waals surface area contributed by atoms with Crippen LogP contribution in [0.1, 0.15) is 15.9 Å². The molecule has 1 saturated heterocycles. The summed E-state index contributed by atoms with van der Waals surface area (Å²) in [6.45, 7) is 2.66. The SMILES string of the molecule is Cc1cc(C(=O)NC2COC2)ccc1[N+](=O)[O-]. The first-order chi connectivity index (χ1) is 8.08. The van der Waals surface area contributed by atoms with Crippen LogP contribution in [0.15, 0.2) is 18.2 Å². The molecule has 1 amide bonds. The van der Waals surface area contributed by atoms with Gasteiger partial charge in [-0.3, -0.25) is 14.9 Å². The molecule has 1 N–H and O–H groups in total. The van der Waals surface area contributed by atoms with Crippen LogP contribution in [0.25, 0.3) is 0 Å². The molecule has 0 atom stereocenters. The summed E-state index contributed by atoms with van der Waals surface area (Å²) in [6, 6.07) is 4.38. The number of rotatable bonds is 3. The highest BCUT2D eigenvalue weighted by atomic mass is 16.6. The van der Waals surface area contributed by atoms with Gasteiger partial charge < -0.3 is 10.1 Å². The summed E-state index contributed by atoms with van der Waals surface area (Å²) < 4.78 is 4.94. The minimum Gasteiger partial charge on any atom is -0.377 e. The van der Waals surface area contributed by atoms with E-state index in [0.29, 0.717) is 24.3 Å². The first-order valence-corrected chi connectivity index (χ1v) is 5.21. The minimum absolute atomic E-state index is 0.0218. The molecular formula is C11H12N2O4. The third-order valence-electron chi connectivity index (χ3n) is 2.63. The Hall–Kier alpha value is -1.95. The molecule has 0 spiro atoms. The largest absolute Gasteiger partial charge is 0.377 e. The number of hydrogen-bond acceptors (Lipinski definition) is 4. The van der Waals surface area contributed by atoms with Crippen molar-refractivity contribution >= 4 is 11.6 Å². The highest BCUT2D eigenvalue weighted by Gasteiger charge is 2.21. The number of carbonyl (C=O) groups excluding carboxylic acids is 1. The van der Waals surface area contributed by atoms with Gasteiger partial charge in [0.15, 0.2) is 0 Å². The smallest absolute Gasteiger partial charge is 0.272 e. The molecule has 0 aromatic heterocycles. The molecule has 17 heavy (non-hydrogen) atoms. The Morgan fingerprint density at radius 2 is 2.24 bits per heavy atom. The van der Waals surface area contributed by atoms with E-state index in [-0.39, 0.29) is 17.6 Å². The summed E-state index contributed by atoms with van der Waals surface area (Å²) in [5, 5.41) is 13.4. The van der Waals surface area contributed by atoms with Crippen LogP contribution in [-0.4, -0.2) is 30.1 Å². The van der Waals surface area contributed by atoms with Crippen molar-refractivity contribution < 1.29 is 14.5 Å². The van der Waals surface area contributed by atoms with Gasteiger partial charge >= 0.3 is 0 Å². The van der Waals surface area contributed by atoms with Gasteiger partial charge in [0.2, 0.25) is 0 Å². The molecule has 0 unspecified atom stereocenters. The summed E-state index contributed by atoms with van der Waals surface area (Å²) in [4.78, 5) is 21.9. The molecule has 1 aromatic rings. The number of aryl methyl sites for hydroxylation is 1. The molecule has 0 aliphatic carbocycles. The Balaban J connectivity index is 2.13. The zero-order chi connectivity index (χ0) is 12.4. The average Bonchev–Trinajstić information content (AvgIpc) is 2.22. The van der Waals surface area contributed by atoms with Crippen molar-refractivity contribution in [3.8, 4) is 0 Å². The maximum atomic E-state index is 11.7. The maximum absolute atomic E-state index is 11.7. The summed E-state index contributed by atoms with van der Waals surface area (Å²) in [5.41, 5.74) is 0.932. The predicted octanol–water partition coefficient (Wildman–Crippen LogP) is 1.03. The second-order valence-corrected chi connectivity index (χ2v) is 3.97. The zero-order valence-electron chi connectivity index (χ0n) is 9.30. The normalized spacial score (nSPS) is 15.1. The molecule has 1 heterocycles. The fraction of sp³-hybridized carbons (Fsp3) is 0.364. The van der Waals surface area contributed by atoms with Crippen LogP contribution < -0.4 is 5.32 Å². The molecular weight excluding hydrogens is 224 g/mol. The molecule has 1 aliphatic rings. The van der Waals surface area contributed by atoms with Gasteiger partial charge in [-0.15, -0.1) is 0 Å². The Morgan fingerprint density at radius 3 is 2.71 bits per heavy atom. The molecule has 2 rings (SSSR count). The van der Waals surface area contributed by atoms with Gasteiger partial charge in [0.25, 0.3) is 11.6 Å². The molecule has 0 radical (unpaired) electrons. The number of carbonyl (C=O) groups is 1. The second kappa shape index (κ2) is 4.50. The van der Waals surface area contributed by atoms with Crippen molar-refractivity contribution in [2.75, 3.05) is 13.2 Å². The molecule has 6 nitrogen and oxygen atoms in total. The third-order valence-corrected chi connectivity index (χ3v) is 2.63. The van der Waals surface area contributed by atoms with Gasteiger partial charge in [-0.05, 0) is 19.1 Å². The number of amides is 1. The third kappa shape index (κ3) is 2.42. The molecule has 0 saturated carbocycles. The topological polar surface area (TPSA) is 81.5 Å². The minimum atomic E-state index is -0.462. The lowest BCUT2D eigenvalue weighted by atomic mass is 10.1. The number of nitro groups is 1. The van der Waals surface area contributed by atoms with Crippen LogP contribution in [-0.2, 0) is 4.74 Å². The van der Waals surface area contributed by atoms with Crippen molar-refractivity contribution in [3.05, 3.63) is 39.4 Å². The summed E-state index contributed by atoms with van der Waals surface area (Å²) in [7, 11) is 0. The number of nitro benzene ring substituents is 1. The van der Waals surface area contributed by atoms with Crippen molar-refractivity contribution in [3.63, 3.8) is 0 Å². The van der Waals surface area contributed by atoms with Gasteiger partial charge in [-0.2, -0.15) is 0 Å². The highest BCUT2D eigenvalue weighted by molar-refractivity contribution is 5.95. The van der Waals surface area contributed by atoms with Gasteiger partial charge in [0.05, 0.1) is 24.2 Å².